The monoisotopic (exact) mass is 989 g/mol. The first-order chi connectivity index (χ1) is 34.1. The molecule has 0 amide bonds. The summed E-state index contributed by atoms with van der Waals surface area (Å²) in [5, 5.41) is 0. The van der Waals surface area contributed by atoms with Crippen LogP contribution in [0.25, 0.3) is 0 Å². The molecule has 10 unspecified atom stereocenters. The zero-order valence-corrected chi connectivity index (χ0v) is 47.6. The van der Waals surface area contributed by atoms with Crippen LogP contribution in [0.1, 0.15) is 207 Å². The summed E-state index contributed by atoms with van der Waals surface area (Å²) < 4.78 is 0. The number of hydrogen-bond donors (Lipinski definition) is 0. The van der Waals surface area contributed by atoms with Crippen LogP contribution in [0.15, 0.2) is 85.8 Å². The van der Waals surface area contributed by atoms with Crippen molar-refractivity contribution in [3.63, 3.8) is 0 Å². The lowest BCUT2D eigenvalue weighted by molar-refractivity contribution is -0.116. The van der Waals surface area contributed by atoms with Gasteiger partial charge in [-0.15, -0.1) is 5.73 Å². The Kier molecular flexibility index (Phi) is 23.6. The van der Waals surface area contributed by atoms with Crippen molar-refractivity contribution in [1.29, 1.82) is 0 Å². The molecule has 0 aromatic carbocycles. The van der Waals surface area contributed by atoms with Crippen molar-refractivity contribution >= 4 is 46.3 Å². The minimum atomic E-state index is 0.109. The average molecular weight is 989 g/mol. The number of Topliss-reactive ketones (excluding diaryl/α,β-unsaturated/α-hetero) is 8. The summed E-state index contributed by atoms with van der Waals surface area (Å²) in [5.74, 6) is 5.97. The highest BCUT2D eigenvalue weighted by Crippen LogP contribution is 2.53. The molecule has 0 aromatic heterocycles. The lowest BCUT2D eigenvalue weighted by atomic mass is 9.86. The lowest BCUT2D eigenvalue weighted by Crippen LogP contribution is -2.14. The van der Waals surface area contributed by atoms with Crippen molar-refractivity contribution in [1.82, 2.24) is 0 Å². The van der Waals surface area contributed by atoms with Crippen LogP contribution in [-0.2, 0) is 38.4 Å². The molecular weight excluding hydrogens is 897 g/mol. The van der Waals surface area contributed by atoms with Gasteiger partial charge in [0, 0.05) is 44.6 Å². The molecule has 5 saturated carbocycles. The van der Waals surface area contributed by atoms with E-state index in [2.05, 4.69) is 18.9 Å². The molecule has 0 N–H and O–H groups in total. The van der Waals surface area contributed by atoms with E-state index >= 15 is 0 Å². The Morgan fingerprint density at radius 1 is 0.292 bits per heavy atom. The summed E-state index contributed by atoms with van der Waals surface area (Å²) in [6.07, 6.45) is 17.1. The van der Waals surface area contributed by atoms with Crippen molar-refractivity contribution in [2.45, 2.75) is 207 Å². The quantitative estimate of drug-likeness (QED) is 0.197. The molecule has 10 atom stereocenters. The zero-order valence-electron chi connectivity index (χ0n) is 47.6. The van der Waals surface area contributed by atoms with Crippen molar-refractivity contribution in [3.8, 4) is 0 Å². The predicted molar refractivity (Wildman–Crippen MR) is 292 cm³/mol. The second kappa shape index (κ2) is 27.6. The van der Waals surface area contributed by atoms with Gasteiger partial charge in [-0.1, -0.05) is 60.3 Å². The summed E-state index contributed by atoms with van der Waals surface area (Å²) in [4.78, 5) is 91.0. The number of carbonyl (C=O) groups is 8. The zero-order chi connectivity index (χ0) is 54.6. The largest absolute Gasteiger partial charge is 0.295 e. The fourth-order valence-corrected chi connectivity index (χ4v) is 14.7. The highest BCUT2D eigenvalue weighted by Gasteiger charge is 2.45. The number of allylic oxidation sites excluding steroid dienone is 12. The molecule has 5 fully saturated rings. The van der Waals surface area contributed by atoms with Crippen LogP contribution in [0.2, 0.25) is 0 Å². The number of fused-ring (bicyclic) bond motifs is 10. The predicted octanol–water partition coefficient (Wildman–Crippen LogP) is 14.7. The van der Waals surface area contributed by atoms with E-state index < -0.39 is 0 Å². The maximum Gasteiger partial charge on any atom is 0.156 e. The van der Waals surface area contributed by atoms with Crippen LogP contribution in [0.4, 0.5) is 0 Å². The first-order valence-corrected chi connectivity index (χ1v) is 27.9. The topological polar surface area (TPSA) is 137 Å². The van der Waals surface area contributed by atoms with Crippen LogP contribution in [0.5, 0.6) is 0 Å². The fraction of sp³-hybridized carbons (Fsp3) is 0.641. The Morgan fingerprint density at radius 3 is 0.569 bits per heavy atom. The van der Waals surface area contributed by atoms with E-state index in [-0.39, 0.29) is 46.3 Å². The second-order valence-electron chi connectivity index (χ2n) is 21.2. The van der Waals surface area contributed by atoms with Crippen LogP contribution < -0.4 is 0 Å². The Labute approximate surface area is 434 Å². The van der Waals surface area contributed by atoms with Gasteiger partial charge in [0.1, 0.15) is 0 Å². The third-order valence-electron chi connectivity index (χ3n) is 16.9. The first kappa shape index (κ1) is 61.6. The van der Waals surface area contributed by atoms with Gasteiger partial charge in [0.2, 0.25) is 0 Å². The van der Waals surface area contributed by atoms with Gasteiger partial charge in [-0.3, -0.25) is 38.4 Å². The molecule has 0 aliphatic heterocycles. The van der Waals surface area contributed by atoms with E-state index in [1.165, 1.54) is 49.7 Å². The SMILES string of the molecule is C=C(C)C1=C(C(C)=O)C2CCC1C2.C=C=C(C)C1=C(C(C)=O)C2CCC1C2.CC.CC.CC.CC(=O)C1=C(C(C)=O)C2CCC1C2.CC(=O)C1=C(C(C)=O)C2CCC1C2.CC(=O)C1=C(C(C)=O)C2CCC1C2. The Bertz CT molecular complexity index is 2000. The number of rotatable bonds is 10. The van der Waals surface area contributed by atoms with E-state index in [0.29, 0.717) is 59.2 Å². The van der Waals surface area contributed by atoms with Gasteiger partial charge in [0.05, 0.1) is 0 Å². The molecule has 8 heteroatoms. The van der Waals surface area contributed by atoms with Gasteiger partial charge in [0.15, 0.2) is 46.3 Å². The third-order valence-corrected chi connectivity index (χ3v) is 16.9. The average Bonchev–Trinajstić information content (AvgIpc) is 4.20. The van der Waals surface area contributed by atoms with Gasteiger partial charge < -0.3 is 0 Å². The fourth-order valence-electron chi connectivity index (χ4n) is 14.7. The first-order valence-electron chi connectivity index (χ1n) is 27.9. The molecule has 10 rings (SSSR count). The molecule has 72 heavy (non-hydrogen) atoms. The minimum absolute atomic E-state index is 0.109. The van der Waals surface area contributed by atoms with Crippen LogP contribution >= 0.6 is 0 Å². The second-order valence-corrected chi connectivity index (χ2v) is 21.2. The number of carbonyl (C=O) groups excluding carboxylic acids is 8. The van der Waals surface area contributed by atoms with Gasteiger partial charge in [-0.05, 0) is 241 Å². The summed E-state index contributed by atoms with van der Waals surface area (Å²) >= 11 is 0. The Balaban J connectivity index is 0.000000231. The molecule has 10 aliphatic rings. The normalized spacial score (nSPS) is 28.5. The van der Waals surface area contributed by atoms with Gasteiger partial charge in [-0.25, -0.2) is 0 Å². The van der Waals surface area contributed by atoms with E-state index in [1.807, 2.05) is 55.4 Å². The minimum Gasteiger partial charge on any atom is -0.295 e. The molecule has 0 radical (unpaired) electrons. The van der Waals surface area contributed by atoms with E-state index in [4.69, 9.17) is 0 Å². The molecule has 0 heterocycles. The van der Waals surface area contributed by atoms with E-state index in [1.54, 1.807) is 55.4 Å². The van der Waals surface area contributed by atoms with Crippen molar-refractivity contribution in [2.24, 2.45) is 59.2 Å². The Hall–Kier alpha value is -4.68. The van der Waals surface area contributed by atoms with Crippen LogP contribution in [0, 0.1) is 59.2 Å². The van der Waals surface area contributed by atoms with Gasteiger partial charge >= 0.3 is 0 Å². The smallest absolute Gasteiger partial charge is 0.156 e. The van der Waals surface area contributed by atoms with Crippen molar-refractivity contribution < 1.29 is 38.4 Å². The standard InChI is InChI=1S/C13H16O.C12H16O.3C11H14O2.3C2H6/c1-4-8(2)12-10-5-6-11(7-10)13(12)9(3)14;1-7(2)11-9-4-5-10(6-9)12(11)8(3)13;3*1-6(12)10-8-3-4-9(5-8)11(10)7(2)13;3*1-2/h10-11H,1,5-7H2,2-3H3;9-10H,1,4-6H2,2-3H3;3*8-9H,3-5H2,1-2H3;3*1-2H3. The maximum atomic E-state index is 11.5. The highest BCUT2D eigenvalue weighted by molar-refractivity contribution is 6.08. The molecule has 8 nitrogen and oxygen atoms in total. The molecule has 0 saturated heterocycles. The molecule has 0 aromatic rings. The van der Waals surface area contributed by atoms with Crippen molar-refractivity contribution in [2.75, 3.05) is 0 Å². The molecular formula is C64H92O8. The maximum absolute atomic E-state index is 11.5. The van der Waals surface area contributed by atoms with Crippen molar-refractivity contribution in [3.05, 3.63) is 85.8 Å². The summed E-state index contributed by atoms with van der Waals surface area (Å²) in [6, 6.07) is 0. The molecule has 10 aliphatic carbocycles. The lowest BCUT2D eigenvalue weighted by Gasteiger charge is -2.17. The van der Waals surface area contributed by atoms with Gasteiger partial charge in [-0.2, -0.15) is 0 Å². The number of ketones is 8. The van der Waals surface area contributed by atoms with Crippen LogP contribution in [-0.4, -0.2) is 46.3 Å². The Morgan fingerprint density at radius 2 is 0.431 bits per heavy atom. The molecule has 0 spiro atoms. The number of hydrogen-bond acceptors (Lipinski definition) is 8. The highest BCUT2D eigenvalue weighted by atomic mass is 16.2. The molecule has 396 valence electrons. The van der Waals surface area contributed by atoms with E-state index in [9.17, 15) is 38.4 Å². The van der Waals surface area contributed by atoms with E-state index in [0.717, 1.165) is 114 Å². The van der Waals surface area contributed by atoms with Crippen LogP contribution in [0.3, 0.4) is 0 Å². The summed E-state index contributed by atoms with van der Waals surface area (Å²) in [5.41, 5.74) is 15.0. The summed E-state index contributed by atoms with van der Waals surface area (Å²) in [6.45, 7) is 36.6. The molecule has 10 bridgehead atoms. The third kappa shape index (κ3) is 13.3. The van der Waals surface area contributed by atoms with Gasteiger partial charge in [0.25, 0.3) is 0 Å². The summed E-state index contributed by atoms with van der Waals surface area (Å²) in [7, 11) is 0.